The molecular weight excluding hydrogens is 827 g/mol. The lowest BCUT2D eigenvalue weighted by molar-refractivity contribution is 0.620. The van der Waals surface area contributed by atoms with Crippen LogP contribution in [0.4, 0.5) is 4.39 Å². The largest absolute Gasteiger partial charge is 0.309 e. The van der Waals surface area contributed by atoms with Crippen LogP contribution in [0.5, 0.6) is 0 Å². The number of hydrogen-bond donors (Lipinski definition) is 0. The van der Waals surface area contributed by atoms with Gasteiger partial charge in [0.1, 0.15) is 9.45 Å². The van der Waals surface area contributed by atoms with E-state index in [2.05, 4.69) is 130 Å². The fourth-order valence-corrected chi connectivity index (χ4v) is 10.8. The van der Waals surface area contributed by atoms with Gasteiger partial charge < -0.3 is 9.13 Å². The van der Waals surface area contributed by atoms with Crippen LogP contribution in [0.15, 0.2) is 204 Å². The first-order chi connectivity index (χ1) is 28.7. The van der Waals surface area contributed by atoms with Gasteiger partial charge in [-0.1, -0.05) is 154 Å². The van der Waals surface area contributed by atoms with E-state index in [-0.39, 0.29) is 5.82 Å². The quantitative estimate of drug-likeness (QED) is 0.118. The predicted molar refractivity (Wildman–Crippen MR) is 249 cm³/mol. The molecule has 0 spiro atoms. The molecule has 0 bridgehead atoms. The summed E-state index contributed by atoms with van der Waals surface area (Å²) in [6, 6.07) is 66.8. The van der Waals surface area contributed by atoms with Gasteiger partial charge in [-0.3, -0.25) is 0 Å². The van der Waals surface area contributed by atoms with Gasteiger partial charge >= 0.3 is 0 Å². The highest BCUT2D eigenvalue weighted by atomic mass is 127. The van der Waals surface area contributed by atoms with Gasteiger partial charge in [-0.2, -0.15) is 0 Å². The highest BCUT2D eigenvalue weighted by Crippen LogP contribution is 2.39. The summed E-state index contributed by atoms with van der Waals surface area (Å²) >= 11 is -0.604. The minimum absolute atomic E-state index is 0.286. The van der Waals surface area contributed by atoms with Crippen molar-refractivity contribution in [1.82, 2.24) is 9.13 Å². The minimum atomic E-state index is -0.604. The van der Waals surface area contributed by atoms with Crippen LogP contribution in [0.1, 0.15) is 16.7 Å². The number of alkyl halides is 1. The Hall–Kier alpha value is -6.77. The normalized spacial score (nSPS) is 13.3. The molecule has 11 rings (SSSR count). The average Bonchev–Trinajstić information content (AvgIpc) is 3.68. The summed E-state index contributed by atoms with van der Waals surface area (Å²) in [5.74, 6) is 0.376. The first-order valence-corrected chi connectivity index (χ1v) is 21.9. The van der Waals surface area contributed by atoms with Crippen LogP contribution in [0.3, 0.4) is 0 Å². The number of fused-ring (bicyclic) bond motifs is 6. The fourth-order valence-electron chi connectivity index (χ4n) is 8.30. The number of hydrogen-bond acceptors (Lipinski definition) is 2. The first kappa shape index (κ1) is 34.5. The van der Waals surface area contributed by atoms with Crippen molar-refractivity contribution in [3.63, 3.8) is 0 Å². The van der Waals surface area contributed by atoms with Gasteiger partial charge in [0.15, 0.2) is 5.84 Å². The van der Waals surface area contributed by atoms with E-state index in [0.717, 1.165) is 69.1 Å². The van der Waals surface area contributed by atoms with Gasteiger partial charge in [0.05, 0.1) is 33.5 Å². The molecule has 0 saturated carbocycles. The summed E-state index contributed by atoms with van der Waals surface area (Å²) < 4.78 is 22.9. The number of rotatable bonds is 6. The Kier molecular flexibility index (Phi) is 8.51. The number of amidine groups is 1. The molecule has 1 aliphatic rings. The molecule has 276 valence electrons. The molecule has 10 aromatic rings. The zero-order chi connectivity index (χ0) is 38.6. The van der Waals surface area contributed by atoms with Gasteiger partial charge in [-0.25, -0.2) is 14.4 Å². The van der Waals surface area contributed by atoms with Crippen LogP contribution in [0.2, 0.25) is 0 Å². The highest BCUT2D eigenvalue weighted by molar-refractivity contribution is 14.2. The van der Waals surface area contributed by atoms with Crippen LogP contribution in [0.25, 0.3) is 66.1 Å². The molecule has 0 N–H and O–H groups in total. The third-order valence-electron chi connectivity index (χ3n) is 11.0. The molecule has 0 amide bonds. The lowest BCUT2D eigenvalue weighted by atomic mass is 10.0. The molecule has 0 saturated heterocycles. The van der Waals surface area contributed by atoms with Crippen molar-refractivity contribution in [3.05, 3.63) is 217 Å². The molecule has 58 heavy (non-hydrogen) atoms. The first-order valence-electron chi connectivity index (χ1n) is 19.3. The standard InChI is InChI=1S/C52H34FIN4/c53-44-32-38(51-54-33-45(34-14-4-1-5-15-34)55-52(56-51)35-16-6-2-7-17-35)26-29-50(44)58-47-23-13-11-21-41(47)43-31-37(25-28-49(43)58)36-24-27-48-42(30-36)40-20-10-12-22-46(40)57(48)39-18-8-3-9-19-39/h1-32H,33H2. The molecule has 0 unspecified atom stereocenters. The van der Waals surface area contributed by atoms with Crippen LogP contribution >= 0.6 is 20.7 Å². The Morgan fingerprint density at radius 1 is 0.414 bits per heavy atom. The van der Waals surface area contributed by atoms with Crippen LogP contribution in [-0.2, 0) is 0 Å². The monoisotopic (exact) mass is 860 g/mol. The predicted octanol–water partition coefficient (Wildman–Crippen LogP) is 13.1. The number of para-hydroxylation sites is 3. The van der Waals surface area contributed by atoms with Crippen molar-refractivity contribution in [3.8, 4) is 22.5 Å². The molecule has 0 fully saturated rings. The maximum absolute atomic E-state index is 16.7. The lowest BCUT2D eigenvalue weighted by Gasteiger charge is -2.12. The summed E-state index contributed by atoms with van der Waals surface area (Å²) in [5, 5.41) is 4.58. The maximum atomic E-state index is 16.7. The number of nitrogens with zero attached hydrogens (tertiary/aromatic N) is 4. The van der Waals surface area contributed by atoms with E-state index in [1.165, 1.54) is 21.8 Å². The molecule has 8 aromatic carbocycles. The van der Waals surface area contributed by atoms with Gasteiger partial charge in [0.25, 0.3) is 0 Å². The Bertz CT molecular complexity index is 3310. The zero-order valence-corrected chi connectivity index (χ0v) is 33.4. The van der Waals surface area contributed by atoms with Crippen molar-refractivity contribution >= 4 is 79.5 Å². The molecule has 3 heterocycles. The van der Waals surface area contributed by atoms with Gasteiger partial charge in [0.2, 0.25) is 0 Å². The highest BCUT2D eigenvalue weighted by Gasteiger charge is 2.20. The summed E-state index contributed by atoms with van der Waals surface area (Å²) in [5.41, 5.74) is 12.0. The summed E-state index contributed by atoms with van der Waals surface area (Å²) in [6.07, 6.45) is 0. The van der Waals surface area contributed by atoms with Crippen LogP contribution < -0.4 is 0 Å². The summed E-state index contributed by atoms with van der Waals surface area (Å²) in [4.78, 5) is 10.2. The van der Waals surface area contributed by atoms with Crippen LogP contribution in [-0.4, -0.2) is 28.7 Å². The summed E-state index contributed by atoms with van der Waals surface area (Å²) in [6.45, 7) is 0. The smallest absolute Gasteiger partial charge is 0.160 e. The Morgan fingerprint density at radius 2 is 0.931 bits per heavy atom. The topological polar surface area (TPSA) is 34.6 Å². The van der Waals surface area contributed by atoms with Gasteiger partial charge in [-0.15, -0.1) is 0 Å². The average molecular weight is 861 g/mol. The molecule has 0 radical (unpaired) electrons. The molecule has 2 aromatic heterocycles. The van der Waals surface area contributed by atoms with Gasteiger partial charge in [0, 0.05) is 42.8 Å². The molecule has 0 aliphatic carbocycles. The second-order valence-corrected chi connectivity index (χ2v) is 17.0. The molecule has 0 atom stereocenters. The van der Waals surface area contributed by atoms with E-state index in [0.29, 0.717) is 11.5 Å². The third-order valence-corrected chi connectivity index (χ3v) is 13.7. The van der Waals surface area contributed by atoms with Crippen molar-refractivity contribution in [2.24, 2.45) is 9.98 Å². The van der Waals surface area contributed by atoms with Crippen molar-refractivity contribution in [2.45, 2.75) is 0 Å². The van der Waals surface area contributed by atoms with Gasteiger partial charge in [-0.05, 0) is 77.4 Å². The number of aromatic nitrogens is 2. The van der Waals surface area contributed by atoms with E-state index in [1.54, 1.807) is 6.07 Å². The van der Waals surface area contributed by atoms with E-state index >= 15 is 4.39 Å². The maximum Gasteiger partial charge on any atom is 0.160 e. The van der Waals surface area contributed by atoms with Crippen molar-refractivity contribution < 1.29 is 4.39 Å². The van der Waals surface area contributed by atoms with Crippen molar-refractivity contribution in [1.29, 1.82) is 0 Å². The second kappa shape index (κ2) is 14.3. The Morgan fingerprint density at radius 3 is 1.57 bits per heavy atom. The third kappa shape index (κ3) is 5.91. The van der Waals surface area contributed by atoms with E-state index in [9.17, 15) is 0 Å². The number of benzene rings is 8. The summed E-state index contributed by atoms with van der Waals surface area (Å²) in [7, 11) is 0. The zero-order valence-electron chi connectivity index (χ0n) is 31.2. The minimum Gasteiger partial charge on any atom is -0.309 e. The second-order valence-electron chi connectivity index (χ2n) is 14.5. The molecular formula is C52H34FIN4. The molecule has 1 aliphatic heterocycles. The van der Waals surface area contributed by atoms with E-state index < -0.39 is 20.7 Å². The Balaban J connectivity index is 1.00. The van der Waals surface area contributed by atoms with E-state index in [1.807, 2.05) is 66.7 Å². The number of halogens is 2. The van der Waals surface area contributed by atoms with E-state index in [4.69, 9.17) is 9.98 Å². The van der Waals surface area contributed by atoms with Crippen molar-refractivity contribution in [2.75, 3.05) is 4.43 Å². The number of aliphatic imine (C=N–C) groups is 2. The van der Waals surface area contributed by atoms with Crippen LogP contribution in [0, 0.1) is 5.82 Å². The molecule has 4 nitrogen and oxygen atoms in total. The SMILES string of the molecule is Fc1cc(C2=ICC(c3ccccc3)=NC(c3ccccc3)=N2)ccc1-n1c2ccccc2c2cc(-c3ccc4c(c3)c3ccccc3n4-c3ccccc3)ccc21. The fraction of sp³-hybridized carbons (Fsp3) is 0.0192. The Labute approximate surface area is 344 Å². The molecule has 6 heteroatoms. The lowest BCUT2D eigenvalue weighted by Crippen LogP contribution is -2.07.